The van der Waals surface area contributed by atoms with E-state index in [-0.39, 0.29) is 11.8 Å². The number of carbonyl (C=O) groups is 2. The first kappa shape index (κ1) is 18.1. The third kappa shape index (κ3) is 4.29. The van der Waals surface area contributed by atoms with Gasteiger partial charge in [0.2, 0.25) is 5.91 Å². The lowest BCUT2D eigenvalue weighted by molar-refractivity contribution is -0.121. The molecule has 3 N–H and O–H groups in total. The molecule has 0 bridgehead atoms. The molecule has 1 aliphatic heterocycles. The standard InChI is InChI=1S/C21H25N3O2/c1-15-7-2-3-8-16(15)13-24-12-6-9-17(14-24)21(26)23-19-11-5-4-10-18(19)20(22)25/h2-5,7-8,10-11,17H,6,9,12-14H2,1H3,(H2,22,25)(H,23,26). The molecule has 1 unspecified atom stereocenters. The number of para-hydroxylation sites is 1. The fourth-order valence-corrected chi connectivity index (χ4v) is 3.48. The average molecular weight is 351 g/mol. The van der Waals surface area contributed by atoms with Gasteiger partial charge in [0, 0.05) is 13.1 Å². The lowest BCUT2D eigenvalue weighted by atomic mass is 9.96. The molecule has 136 valence electrons. The summed E-state index contributed by atoms with van der Waals surface area (Å²) in [6, 6.07) is 15.2. The van der Waals surface area contributed by atoms with E-state index in [9.17, 15) is 9.59 Å². The van der Waals surface area contributed by atoms with Gasteiger partial charge in [0.15, 0.2) is 0 Å². The van der Waals surface area contributed by atoms with Crippen molar-refractivity contribution in [1.82, 2.24) is 4.90 Å². The quantitative estimate of drug-likeness (QED) is 0.870. The number of nitrogens with zero attached hydrogens (tertiary/aromatic N) is 1. The molecule has 0 spiro atoms. The van der Waals surface area contributed by atoms with E-state index in [1.807, 2.05) is 6.07 Å². The number of hydrogen-bond acceptors (Lipinski definition) is 3. The summed E-state index contributed by atoms with van der Waals surface area (Å²) in [7, 11) is 0. The number of rotatable bonds is 5. The molecule has 1 saturated heterocycles. The first-order valence-electron chi connectivity index (χ1n) is 9.01. The molecule has 0 aromatic heterocycles. The Kier molecular flexibility index (Phi) is 5.68. The predicted octanol–water partition coefficient (Wildman–Crippen LogP) is 2.94. The molecule has 2 amide bonds. The van der Waals surface area contributed by atoms with Gasteiger partial charge in [-0.05, 0) is 49.6 Å². The van der Waals surface area contributed by atoms with Crippen LogP contribution in [0.1, 0.15) is 34.3 Å². The van der Waals surface area contributed by atoms with Crippen LogP contribution in [0.5, 0.6) is 0 Å². The van der Waals surface area contributed by atoms with E-state index in [2.05, 4.69) is 35.3 Å². The molecule has 26 heavy (non-hydrogen) atoms. The van der Waals surface area contributed by atoms with E-state index in [1.165, 1.54) is 11.1 Å². The molecule has 5 nitrogen and oxygen atoms in total. The number of benzene rings is 2. The molecular formula is C21H25N3O2. The van der Waals surface area contributed by atoms with Crippen molar-refractivity contribution < 1.29 is 9.59 Å². The van der Waals surface area contributed by atoms with Crippen molar-refractivity contribution in [3.63, 3.8) is 0 Å². The molecule has 5 heteroatoms. The third-order valence-corrected chi connectivity index (χ3v) is 4.98. The van der Waals surface area contributed by atoms with Crippen molar-refractivity contribution in [3.8, 4) is 0 Å². The normalized spacial score (nSPS) is 17.7. The van der Waals surface area contributed by atoms with Crippen molar-refractivity contribution in [2.75, 3.05) is 18.4 Å². The molecular weight excluding hydrogens is 326 g/mol. The van der Waals surface area contributed by atoms with Crippen LogP contribution in [0.4, 0.5) is 5.69 Å². The van der Waals surface area contributed by atoms with Gasteiger partial charge in [-0.3, -0.25) is 14.5 Å². The maximum Gasteiger partial charge on any atom is 0.250 e. The van der Waals surface area contributed by atoms with Crippen LogP contribution >= 0.6 is 0 Å². The predicted molar refractivity (Wildman–Crippen MR) is 103 cm³/mol. The summed E-state index contributed by atoms with van der Waals surface area (Å²) in [5.74, 6) is -0.674. The summed E-state index contributed by atoms with van der Waals surface area (Å²) in [4.78, 5) is 26.6. The monoisotopic (exact) mass is 351 g/mol. The van der Waals surface area contributed by atoms with Gasteiger partial charge in [-0.2, -0.15) is 0 Å². The van der Waals surface area contributed by atoms with Crippen molar-refractivity contribution in [1.29, 1.82) is 0 Å². The van der Waals surface area contributed by atoms with Gasteiger partial charge in [0.05, 0.1) is 17.2 Å². The first-order chi connectivity index (χ1) is 12.5. The number of amides is 2. The van der Waals surface area contributed by atoms with Gasteiger partial charge in [-0.15, -0.1) is 0 Å². The Morgan fingerprint density at radius 2 is 1.88 bits per heavy atom. The van der Waals surface area contributed by atoms with Gasteiger partial charge in [-0.25, -0.2) is 0 Å². The highest BCUT2D eigenvalue weighted by Gasteiger charge is 2.26. The maximum absolute atomic E-state index is 12.7. The van der Waals surface area contributed by atoms with Crippen LogP contribution in [0.2, 0.25) is 0 Å². The second kappa shape index (κ2) is 8.15. The summed E-state index contributed by atoms with van der Waals surface area (Å²) in [5.41, 5.74) is 8.79. The second-order valence-corrected chi connectivity index (χ2v) is 6.90. The Bertz CT molecular complexity index is 803. The van der Waals surface area contributed by atoms with E-state index in [0.717, 1.165) is 32.5 Å². The zero-order valence-electron chi connectivity index (χ0n) is 15.1. The van der Waals surface area contributed by atoms with Crippen LogP contribution in [-0.2, 0) is 11.3 Å². The fraction of sp³-hybridized carbons (Fsp3) is 0.333. The lowest BCUT2D eigenvalue weighted by Gasteiger charge is -2.32. The molecule has 3 rings (SSSR count). The minimum Gasteiger partial charge on any atom is -0.366 e. The van der Waals surface area contributed by atoms with Crippen LogP contribution < -0.4 is 11.1 Å². The van der Waals surface area contributed by atoms with Crippen LogP contribution in [-0.4, -0.2) is 29.8 Å². The zero-order valence-corrected chi connectivity index (χ0v) is 15.1. The molecule has 1 atom stereocenters. The molecule has 1 aliphatic rings. The minimum absolute atomic E-state index is 0.0480. The molecule has 1 heterocycles. The van der Waals surface area contributed by atoms with Gasteiger partial charge in [0.25, 0.3) is 5.91 Å². The smallest absolute Gasteiger partial charge is 0.250 e. The number of nitrogens with two attached hydrogens (primary N) is 1. The lowest BCUT2D eigenvalue weighted by Crippen LogP contribution is -2.40. The number of aryl methyl sites for hydroxylation is 1. The summed E-state index contributed by atoms with van der Waals surface area (Å²) in [5, 5.41) is 2.89. The zero-order chi connectivity index (χ0) is 18.5. The Morgan fingerprint density at radius 3 is 2.65 bits per heavy atom. The number of anilines is 1. The highest BCUT2D eigenvalue weighted by molar-refractivity contribution is 6.03. The number of piperidine rings is 1. The second-order valence-electron chi connectivity index (χ2n) is 6.90. The Morgan fingerprint density at radius 1 is 1.15 bits per heavy atom. The van der Waals surface area contributed by atoms with Gasteiger partial charge in [-0.1, -0.05) is 36.4 Å². The molecule has 1 fully saturated rings. The Hall–Kier alpha value is -2.66. The molecule has 0 saturated carbocycles. The molecule has 2 aromatic rings. The Labute approximate surface area is 154 Å². The van der Waals surface area contributed by atoms with Gasteiger partial charge in [0.1, 0.15) is 0 Å². The average Bonchev–Trinajstić information content (AvgIpc) is 2.64. The van der Waals surface area contributed by atoms with Crippen LogP contribution in [0.15, 0.2) is 48.5 Å². The van der Waals surface area contributed by atoms with E-state index < -0.39 is 5.91 Å². The maximum atomic E-state index is 12.7. The van der Waals surface area contributed by atoms with E-state index >= 15 is 0 Å². The van der Waals surface area contributed by atoms with Crippen LogP contribution in [0.3, 0.4) is 0 Å². The van der Waals surface area contributed by atoms with E-state index in [1.54, 1.807) is 24.3 Å². The fourth-order valence-electron chi connectivity index (χ4n) is 3.48. The number of carbonyl (C=O) groups excluding carboxylic acids is 2. The minimum atomic E-state index is -0.536. The van der Waals surface area contributed by atoms with E-state index in [4.69, 9.17) is 5.73 Å². The van der Waals surface area contributed by atoms with Gasteiger partial charge < -0.3 is 11.1 Å². The first-order valence-corrected chi connectivity index (χ1v) is 9.01. The van der Waals surface area contributed by atoms with Crippen LogP contribution in [0, 0.1) is 12.8 Å². The number of likely N-dealkylation sites (tertiary alicyclic amines) is 1. The highest BCUT2D eigenvalue weighted by atomic mass is 16.2. The number of primary amides is 1. The summed E-state index contributed by atoms with van der Waals surface area (Å²) in [6.45, 7) is 4.69. The summed E-state index contributed by atoms with van der Waals surface area (Å²) >= 11 is 0. The van der Waals surface area contributed by atoms with Crippen LogP contribution in [0.25, 0.3) is 0 Å². The van der Waals surface area contributed by atoms with Crippen molar-refractivity contribution in [2.45, 2.75) is 26.3 Å². The number of nitrogens with one attached hydrogen (secondary N) is 1. The van der Waals surface area contributed by atoms with E-state index in [0.29, 0.717) is 11.3 Å². The molecule has 2 aromatic carbocycles. The molecule has 0 radical (unpaired) electrons. The largest absolute Gasteiger partial charge is 0.366 e. The van der Waals surface area contributed by atoms with Crippen molar-refractivity contribution in [2.24, 2.45) is 11.7 Å². The van der Waals surface area contributed by atoms with Gasteiger partial charge >= 0.3 is 0 Å². The highest BCUT2D eigenvalue weighted by Crippen LogP contribution is 2.22. The van der Waals surface area contributed by atoms with Crippen molar-refractivity contribution >= 4 is 17.5 Å². The summed E-state index contributed by atoms with van der Waals surface area (Å²) in [6.07, 6.45) is 1.84. The Balaban J connectivity index is 1.65. The third-order valence-electron chi connectivity index (χ3n) is 4.98. The van der Waals surface area contributed by atoms with Crippen molar-refractivity contribution in [3.05, 3.63) is 65.2 Å². The SMILES string of the molecule is Cc1ccccc1CN1CCCC(C(=O)Nc2ccccc2C(N)=O)C1. The summed E-state index contributed by atoms with van der Waals surface area (Å²) < 4.78 is 0. The number of hydrogen-bond donors (Lipinski definition) is 2. The molecule has 0 aliphatic carbocycles. The topological polar surface area (TPSA) is 75.4 Å².